The van der Waals surface area contributed by atoms with Crippen molar-refractivity contribution in [2.75, 3.05) is 7.05 Å². The summed E-state index contributed by atoms with van der Waals surface area (Å²) in [7, 11) is 1.98. The topological polar surface area (TPSA) is 15.6 Å². The molecule has 0 aliphatic rings. The van der Waals surface area contributed by atoms with Gasteiger partial charge in [-0.25, -0.2) is 0 Å². The molecule has 0 fully saturated rings. The van der Waals surface area contributed by atoms with Crippen LogP contribution in [0.1, 0.15) is 33.1 Å². The van der Waals surface area contributed by atoms with Crippen molar-refractivity contribution in [1.82, 2.24) is 5.01 Å². The maximum atomic E-state index is 3.86. The fraction of sp³-hybridized carbons (Fsp3) is 0.875. The molecule has 0 saturated heterocycles. The molecule has 0 heterocycles. The lowest BCUT2D eigenvalue weighted by Gasteiger charge is -2.23. The highest BCUT2D eigenvalue weighted by Crippen LogP contribution is 2.07. The molecule has 10 heavy (non-hydrogen) atoms. The molecular formula is C8H18N2. The van der Waals surface area contributed by atoms with Gasteiger partial charge in [-0.1, -0.05) is 20.3 Å². The molecule has 0 N–H and O–H groups in total. The molecular weight excluding hydrogens is 124 g/mol. The van der Waals surface area contributed by atoms with Crippen molar-refractivity contribution < 1.29 is 0 Å². The molecule has 0 aromatic carbocycles. The summed E-state index contributed by atoms with van der Waals surface area (Å²) in [4.78, 5) is 0. The number of hydrazone groups is 1. The monoisotopic (exact) mass is 142 g/mol. The smallest absolute Gasteiger partial charge is 0.0464 e. The lowest BCUT2D eigenvalue weighted by atomic mass is 10.1. The van der Waals surface area contributed by atoms with Crippen LogP contribution in [0.4, 0.5) is 0 Å². The van der Waals surface area contributed by atoms with Gasteiger partial charge in [0.2, 0.25) is 0 Å². The van der Waals surface area contributed by atoms with Gasteiger partial charge in [0.05, 0.1) is 0 Å². The van der Waals surface area contributed by atoms with Crippen LogP contribution in [0.2, 0.25) is 0 Å². The van der Waals surface area contributed by atoms with Gasteiger partial charge in [-0.15, -0.1) is 0 Å². The van der Waals surface area contributed by atoms with Crippen LogP contribution in [0, 0.1) is 0 Å². The Morgan fingerprint density at radius 1 is 1.50 bits per heavy atom. The van der Waals surface area contributed by atoms with Crippen LogP contribution in [0.5, 0.6) is 0 Å². The largest absolute Gasteiger partial charge is 0.298 e. The average molecular weight is 142 g/mol. The number of hydrogen-bond acceptors (Lipinski definition) is 2. The van der Waals surface area contributed by atoms with Crippen LogP contribution in [0.3, 0.4) is 0 Å². The molecule has 60 valence electrons. The summed E-state index contributed by atoms with van der Waals surface area (Å²) in [5.74, 6) is 0. The molecule has 1 unspecified atom stereocenters. The maximum absolute atomic E-state index is 3.86. The summed E-state index contributed by atoms with van der Waals surface area (Å²) in [5, 5.41) is 5.81. The van der Waals surface area contributed by atoms with Gasteiger partial charge in [-0.05, 0) is 12.8 Å². The second-order valence-corrected chi connectivity index (χ2v) is 2.57. The Morgan fingerprint density at radius 3 is 2.40 bits per heavy atom. The fourth-order valence-electron chi connectivity index (χ4n) is 1.10. The Hall–Kier alpha value is -0.530. The number of rotatable bonds is 5. The average Bonchev–Trinajstić information content (AvgIpc) is 1.99. The van der Waals surface area contributed by atoms with Crippen molar-refractivity contribution in [3.05, 3.63) is 0 Å². The minimum atomic E-state index is 0.586. The van der Waals surface area contributed by atoms with Crippen LogP contribution in [0.25, 0.3) is 0 Å². The first-order valence-corrected chi connectivity index (χ1v) is 3.95. The van der Waals surface area contributed by atoms with Crippen molar-refractivity contribution >= 4 is 6.72 Å². The van der Waals surface area contributed by atoms with Crippen molar-refractivity contribution in [2.24, 2.45) is 5.10 Å². The van der Waals surface area contributed by atoms with Crippen LogP contribution in [0.15, 0.2) is 5.10 Å². The van der Waals surface area contributed by atoms with E-state index in [9.17, 15) is 0 Å². The summed E-state index contributed by atoms with van der Waals surface area (Å²) in [6, 6.07) is 0.586. The Bertz CT molecular complexity index is 91.3. The Labute approximate surface area is 63.9 Å². The zero-order valence-electron chi connectivity index (χ0n) is 7.30. The highest BCUT2D eigenvalue weighted by Gasteiger charge is 2.07. The quantitative estimate of drug-likeness (QED) is 0.424. The van der Waals surface area contributed by atoms with Crippen molar-refractivity contribution in [1.29, 1.82) is 0 Å². The molecule has 0 bridgehead atoms. The molecule has 0 saturated carbocycles. The van der Waals surface area contributed by atoms with E-state index in [4.69, 9.17) is 0 Å². The first-order chi connectivity index (χ1) is 4.76. The van der Waals surface area contributed by atoms with Crippen molar-refractivity contribution in [3.63, 3.8) is 0 Å². The van der Waals surface area contributed by atoms with Gasteiger partial charge < -0.3 is 0 Å². The highest BCUT2D eigenvalue weighted by atomic mass is 15.4. The van der Waals surface area contributed by atoms with Crippen molar-refractivity contribution in [2.45, 2.75) is 39.2 Å². The molecule has 0 rings (SSSR count). The molecule has 1 atom stereocenters. The number of hydrogen-bond donors (Lipinski definition) is 0. The van der Waals surface area contributed by atoms with E-state index in [-0.39, 0.29) is 0 Å². The molecule has 2 heteroatoms. The first kappa shape index (κ1) is 9.47. The SMILES string of the molecule is C=NN(C)C(CC)CCC. The molecule has 0 radical (unpaired) electrons. The van der Waals surface area contributed by atoms with Crippen LogP contribution in [-0.4, -0.2) is 24.8 Å². The van der Waals surface area contributed by atoms with Gasteiger partial charge >= 0.3 is 0 Å². The van der Waals surface area contributed by atoms with E-state index < -0.39 is 0 Å². The molecule has 0 aliphatic carbocycles. The van der Waals surface area contributed by atoms with E-state index in [0.29, 0.717) is 6.04 Å². The predicted octanol–water partition coefficient (Wildman–Crippen LogP) is 2.11. The van der Waals surface area contributed by atoms with Gasteiger partial charge in [0.1, 0.15) is 0 Å². The lowest BCUT2D eigenvalue weighted by molar-refractivity contribution is 0.235. The van der Waals surface area contributed by atoms with Gasteiger partial charge in [0.15, 0.2) is 0 Å². The van der Waals surface area contributed by atoms with E-state index in [0.717, 1.165) is 6.42 Å². The summed E-state index contributed by atoms with van der Waals surface area (Å²) in [6.45, 7) is 7.86. The minimum absolute atomic E-state index is 0.586. The van der Waals surface area contributed by atoms with Gasteiger partial charge in [0.25, 0.3) is 0 Å². The fourth-order valence-corrected chi connectivity index (χ4v) is 1.10. The first-order valence-electron chi connectivity index (χ1n) is 3.95. The molecule has 2 nitrogen and oxygen atoms in total. The summed E-state index contributed by atoms with van der Waals surface area (Å²) < 4.78 is 0. The van der Waals surface area contributed by atoms with Crippen LogP contribution in [-0.2, 0) is 0 Å². The lowest BCUT2D eigenvalue weighted by Crippen LogP contribution is -2.25. The van der Waals surface area contributed by atoms with Gasteiger partial charge in [-0.3, -0.25) is 5.01 Å². The number of nitrogens with zero attached hydrogens (tertiary/aromatic N) is 2. The third kappa shape index (κ3) is 2.85. The zero-order chi connectivity index (χ0) is 7.98. The molecule has 0 aromatic rings. The molecule has 0 amide bonds. The Balaban J connectivity index is 3.67. The second-order valence-electron chi connectivity index (χ2n) is 2.57. The Morgan fingerprint density at radius 2 is 2.10 bits per heavy atom. The normalized spacial score (nSPS) is 12.7. The highest BCUT2D eigenvalue weighted by molar-refractivity contribution is 5.22. The minimum Gasteiger partial charge on any atom is -0.298 e. The molecule has 0 spiro atoms. The van der Waals surface area contributed by atoms with Gasteiger partial charge in [0, 0.05) is 19.8 Å². The molecule has 0 aliphatic heterocycles. The second kappa shape index (κ2) is 5.27. The Kier molecular flexibility index (Phi) is 4.99. The third-order valence-electron chi connectivity index (χ3n) is 1.84. The van der Waals surface area contributed by atoms with Crippen LogP contribution < -0.4 is 0 Å². The summed E-state index contributed by atoms with van der Waals surface area (Å²) in [5.41, 5.74) is 0. The van der Waals surface area contributed by atoms with E-state index in [1.54, 1.807) is 0 Å². The van der Waals surface area contributed by atoms with E-state index in [1.165, 1.54) is 12.8 Å². The molecule has 0 aromatic heterocycles. The third-order valence-corrected chi connectivity index (χ3v) is 1.84. The van der Waals surface area contributed by atoms with E-state index in [2.05, 4.69) is 25.7 Å². The van der Waals surface area contributed by atoms with Gasteiger partial charge in [-0.2, -0.15) is 5.10 Å². The van der Waals surface area contributed by atoms with Crippen LogP contribution >= 0.6 is 0 Å². The van der Waals surface area contributed by atoms with Crippen molar-refractivity contribution in [3.8, 4) is 0 Å². The van der Waals surface area contributed by atoms with E-state index in [1.807, 2.05) is 12.1 Å². The summed E-state index contributed by atoms with van der Waals surface area (Å²) in [6.07, 6.45) is 3.59. The maximum Gasteiger partial charge on any atom is 0.0464 e. The summed E-state index contributed by atoms with van der Waals surface area (Å²) >= 11 is 0. The standard InChI is InChI=1S/C8H18N2/c1-5-7-8(6-2)10(4)9-3/h8H,3,5-7H2,1-2,4H3. The zero-order valence-corrected chi connectivity index (χ0v) is 7.30. The predicted molar refractivity (Wildman–Crippen MR) is 46.3 cm³/mol. The van der Waals surface area contributed by atoms with E-state index >= 15 is 0 Å².